The second-order valence-electron chi connectivity index (χ2n) is 9.60. The number of carbonyl (C=O) groups is 2. The molecule has 0 aromatic heterocycles. The predicted octanol–water partition coefficient (Wildman–Crippen LogP) is 5.77. The average molecular weight is 578 g/mol. The lowest BCUT2D eigenvalue weighted by atomic mass is 9.89. The number of phenolic OH excluding ortho intramolecular Hbond substituents is 1. The van der Waals surface area contributed by atoms with Crippen LogP contribution < -0.4 is 19.9 Å². The molecule has 2 unspecified atom stereocenters. The van der Waals surface area contributed by atoms with Crippen molar-refractivity contribution in [3.63, 3.8) is 0 Å². The van der Waals surface area contributed by atoms with E-state index in [9.17, 15) is 27.9 Å². The Balaban J connectivity index is 1.56. The van der Waals surface area contributed by atoms with Gasteiger partial charge in [0.1, 0.15) is 5.75 Å². The van der Waals surface area contributed by atoms with Gasteiger partial charge in [0.05, 0.1) is 33.5 Å². The van der Waals surface area contributed by atoms with Crippen molar-refractivity contribution >= 4 is 17.8 Å². The SMILES string of the molecule is COc1cc(/C=C/C(=O)OCCC/C(C)=C2\CCC(C(N)c3cccc(C(F)(F)F)c3O)C2=O)cc(OC)c1OC. The van der Waals surface area contributed by atoms with Crippen LogP contribution in [0, 0.1) is 5.92 Å². The minimum absolute atomic E-state index is 0.108. The van der Waals surface area contributed by atoms with Gasteiger partial charge in [0, 0.05) is 23.6 Å². The number of esters is 1. The lowest BCUT2D eigenvalue weighted by Crippen LogP contribution is -2.25. The van der Waals surface area contributed by atoms with Crippen molar-refractivity contribution in [3.05, 3.63) is 64.2 Å². The number of carbonyl (C=O) groups excluding carboxylic acids is 2. The van der Waals surface area contributed by atoms with Gasteiger partial charge in [-0.2, -0.15) is 13.2 Å². The Morgan fingerprint density at radius 1 is 1.15 bits per heavy atom. The van der Waals surface area contributed by atoms with Crippen LogP contribution in [0.2, 0.25) is 0 Å². The van der Waals surface area contributed by atoms with Crippen molar-refractivity contribution in [2.45, 2.75) is 44.8 Å². The number of ether oxygens (including phenoxy) is 4. The van der Waals surface area contributed by atoms with E-state index in [-0.39, 0.29) is 18.0 Å². The highest BCUT2D eigenvalue weighted by Gasteiger charge is 2.39. The molecule has 8 nitrogen and oxygen atoms in total. The molecule has 11 heteroatoms. The van der Waals surface area contributed by atoms with Crippen molar-refractivity contribution in [2.75, 3.05) is 27.9 Å². The van der Waals surface area contributed by atoms with Crippen LogP contribution in [0.5, 0.6) is 23.0 Å². The number of rotatable bonds is 11. The highest BCUT2D eigenvalue weighted by atomic mass is 19.4. The summed E-state index contributed by atoms with van der Waals surface area (Å²) >= 11 is 0. The third kappa shape index (κ3) is 7.40. The summed E-state index contributed by atoms with van der Waals surface area (Å²) in [5.41, 5.74) is 6.91. The molecule has 1 saturated carbocycles. The number of benzene rings is 2. The first kappa shape index (κ1) is 31.5. The van der Waals surface area contributed by atoms with Crippen LogP contribution in [0.25, 0.3) is 6.08 Å². The van der Waals surface area contributed by atoms with E-state index in [4.69, 9.17) is 24.7 Å². The maximum Gasteiger partial charge on any atom is 0.419 e. The molecule has 1 aliphatic carbocycles. The average Bonchev–Trinajstić information content (AvgIpc) is 3.33. The number of nitrogens with two attached hydrogens (primary N) is 1. The molecule has 3 rings (SSSR count). The molecule has 0 aliphatic heterocycles. The van der Waals surface area contributed by atoms with Crippen molar-refractivity contribution in [1.82, 2.24) is 0 Å². The number of hydrogen-bond donors (Lipinski definition) is 2. The number of halogens is 3. The first-order chi connectivity index (χ1) is 19.4. The number of ketones is 1. The van der Waals surface area contributed by atoms with Crippen molar-refractivity contribution in [3.8, 4) is 23.0 Å². The number of aromatic hydroxyl groups is 1. The van der Waals surface area contributed by atoms with Gasteiger partial charge in [-0.1, -0.05) is 17.7 Å². The van der Waals surface area contributed by atoms with Gasteiger partial charge in [-0.15, -0.1) is 0 Å². The fraction of sp³-hybridized carbons (Fsp3) is 0.400. The van der Waals surface area contributed by atoms with Crippen LogP contribution in [0.3, 0.4) is 0 Å². The van der Waals surface area contributed by atoms with Crippen LogP contribution in [-0.4, -0.2) is 44.8 Å². The Morgan fingerprint density at radius 3 is 2.39 bits per heavy atom. The van der Waals surface area contributed by atoms with Gasteiger partial charge in [-0.3, -0.25) is 4.79 Å². The summed E-state index contributed by atoms with van der Waals surface area (Å²) < 4.78 is 60.7. The first-order valence-electron chi connectivity index (χ1n) is 12.9. The number of Topliss-reactive ketones (excluding diaryl/α,β-unsaturated/α-hetero) is 1. The van der Waals surface area contributed by atoms with Gasteiger partial charge in [0.25, 0.3) is 0 Å². The summed E-state index contributed by atoms with van der Waals surface area (Å²) in [5.74, 6) is -1.16. The Labute approximate surface area is 236 Å². The normalized spacial score (nSPS) is 17.5. The molecule has 3 N–H and O–H groups in total. The smallest absolute Gasteiger partial charge is 0.419 e. The molecule has 0 amide bonds. The number of hydrogen-bond acceptors (Lipinski definition) is 8. The van der Waals surface area contributed by atoms with Crippen molar-refractivity contribution < 1.29 is 46.8 Å². The third-order valence-corrected chi connectivity index (χ3v) is 7.06. The van der Waals surface area contributed by atoms with Crippen molar-refractivity contribution in [1.29, 1.82) is 0 Å². The Hall–Kier alpha value is -3.99. The molecular weight excluding hydrogens is 543 g/mol. The van der Waals surface area contributed by atoms with Gasteiger partial charge in [0.2, 0.25) is 5.75 Å². The van der Waals surface area contributed by atoms with Gasteiger partial charge in [-0.05, 0) is 68.0 Å². The molecule has 2 aromatic rings. The molecule has 2 atom stereocenters. The molecule has 41 heavy (non-hydrogen) atoms. The van der Waals surface area contributed by atoms with Gasteiger partial charge >= 0.3 is 12.1 Å². The highest BCUT2D eigenvalue weighted by Crippen LogP contribution is 2.43. The first-order valence-corrected chi connectivity index (χ1v) is 12.9. The summed E-state index contributed by atoms with van der Waals surface area (Å²) in [5, 5.41) is 10.2. The standard InChI is InChI=1S/C30H34F3NO7/c1-17(7-6-14-41-25(35)13-10-18-15-23(38-2)29(40-4)24(16-18)39-3)19-11-12-21(27(19)36)26(34)20-8-5-9-22(28(20)37)30(31,32)33/h5,8-10,13,15-16,21,26,37H,6-7,11-12,14,34H2,1-4H3/b13-10+,19-17+. The van der Waals surface area contributed by atoms with E-state index in [0.717, 1.165) is 11.6 Å². The number of methoxy groups -OCH3 is 3. The van der Waals surface area contributed by atoms with Gasteiger partial charge in [-0.25, -0.2) is 4.79 Å². The lowest BCUT2D eigenvalue weighted by Gasteiger charge is -2.21. The zero-order valence-electron chi connectivity index (χ0n) is 23.3. The quantitative estimate of drug-likeness (QED) is 0.196. The fourth-order valence-corrected chi connectivity index (χ4v) is 4.89. The number of allylic oxidation sites excluding steroid dienone is 2. The van der Waals surface area contributed by atoms with E-state index in [1.54, 1.807) is 25.1 Å². The molecule has 0 spiro atoms. The molecule has 0 saturated heterocycles. The number of para-hydroxylation sites is 1. The molecule has 2 aromatic carbocycles. The molecular formula is C30H34F3NO7. The summed E-state index contributed by atoms with van der Waals surface area (Å²) in [7, 11) is 4.48. The van der Waals surface area contributed by atoms with Gasteiger partial charge < -0.3 is 29.8 Å². The molecule has 1 fully saturated rings. The number of alkyl halides is 3. The minimum Gasteiger partial charge on any atom is -0.507 e. The minimum atomic E-state index is -4.74. The van der Waals surface area contributed by atoms with E-state index < -0.39 is 35.4 Å². The highest BCUT2D eigenvalue weighted by molar-refractivity contribution is 6.00. The summed E-state index contributed by atoms with van der Waals surface area (Å²) in [6.07, 6.45) is -0.149. The monoisotopic (exact) mass is 577 g/mol. The predicted molar refractivity (Wildman–Crippen MR) is 146 cm³/mol. The second kappa shape index (κ2) is 13.6. The maximum absolute atomic E-state index is 13.2. The maximum atomic E-state index is 13.2. The van der Waals surface area contributed by atoms with Crippen LogP contribution >= 0.6 is 0 Å². The van der Waals surface area contributed by atoms with E-state index in [0.29, 0.717) is 54.1 Å². The second-order valence-corrected chi connectivity index (χ2v) is 9.60. The van der Waals surface area contributed by atoms with E-state index in [2.05, 4.69) is 0 Å². The Bertz CT molecular complexity index is 1310. The van der Waals surface area contributed by atoms with Crippen LogP contribution in [-0.2, 0) is 20.5 Å². The summed E-state index contributed by atoms with van der Waals surface area (Å²) in [6.45, 7) is 1.92. The van der Waals surface area contributed by atoms with E-state index >= 15 is 0 Å². The molecule has 0 radical (unpaired) electrons. The summed E-state index contributed by atoms with van der Waals surface area (Å²) in [6, 6.07) is 5.54. The zero-order chi connectivity index (χ0) is 30.3. The van der Waals surface area contributed by atoms with E-state index in [1.165, 1.54) is 39.5 Å². The fourth-order valence-electron chi connectivity index (χ4n) is 4.89. The Kier molecular flexibility index (Phi) is 10.4. The lowest BCUT2D eigenvalue weighted by molar-refractivity contribution is -0.139. The summed E-state index contributed by atoms with van der Waals surface area (Å²) in [4.78, 5) is 25.3. The van der Waals surface area contributed by atoms with Crippen LogP contribution in [0.4, 0.5) is 13.2 Å². The van der Waals surface area contributed by atoms with Crippen molar-refractivity contribution in [2.24, 2.45) is 11.7 Å². The Morgan fingerprint density at radius 2 is 1.80 bits per heavy atom. The van der Waals surface area contributed by atoms with Crippen LogP contribution in [0.1, 0.15) is 55.3 Å². The van der Waals surface area contributed by atoms with E-state index in [1.807, 2.05) is 0 Å². The largest absolute Gasteiger partial charge is 0.507 e. The number of phenols is 1. The van der Waals surface area contributed by atoms with Gasteiger partial charge in [0.15, 0.2) is 17.3 Å². The zero-order valence-corrected chi connectivity index (χ0v) is 23.3. The third-order valence-electron chi connectivity index (χ3n) is 7.06. The molecule has 0 bridgehead atoms. The molecule has 1 aliphatic rings. The molecule has 222 valence electrons. The molecule has 0 heterocycles. The van der Waals surface area contributed by atoms with Crippen LogP contribution in [0.15, 0.2) is 47.6 Å². The topological polar surface area (TPSA) is 117 Å².